The Labute approximate surface area is 232 Å². The van der Waals surface area contributed by atoms with Gasteiger partial charge in [-0.05, 0) is 57.0 Å². The molecule has 2 aromatic carbocycles. The molecule has 1 fully saturated rings. The summed E-state index contributed by atoms with van der Waals surface area (Å²) in [7, 11) is -1.13. The number of nitrogens with one attached hydrogen (secondary N) is 3. The van der Waals surface area contributed by atoms with E-state index in [2.05, 4.69) is 32.7 Å². The minimum atomic E-state index is -1.13. The van der Waals surface area contributed by atoms with Gasteiger partial charge in [0, 0.05) is 47.7 Å². The van der Waals surface area contributed by atoms with Crippen LogP contribution in [0.2, 0.25) is 0 Å². The van der Waals surface area contributed by atoms with Crippen LogP contribution >= 0.6 is 0 Å². The van der Waals surface area contributed by atoms with Crippen LogP contribution in [0.25, 0.3) is 11.0 Å². The first kappa shape index (κ1) is 27.0. The minimum Gasteiger partial charge on any atom is -0.489 e. The molecule has 5 rings (SSSR count). The highest BCUT2D eigenvalue weighted by Gasteiger charge is 2.20. The lowest BCUT2D eigenvalue weighted by molar-refractivity contribution is 0.145. The van der Waals surface area contributed by atoms with Crippen LogP contribution in [0.1, 0.15) is 40.5 Å². The third kappa shape index (κ3) is 6.20. The number of nitrogens with zero attached hydrogens (tertiary/aromatic N) is 2. The van der Waals surface area contributed by atoms with Gasteiger partial charge in [0.2, 0.25) is 0 Å². The van der Waals surface area contributed by atoms with Crippen molar-refractivity contribution in [2.45, 2.75) is 62.9 Å². The molecular formula is C30H37N5O3S. The third-order valence-electron chi connectivity index (χ3n) is 6.75. The van der Waals surface area contributed by atoms with E-state index in [1.165, 1.54) is 0 Å². The number of anilines is 5. The van der Waals surface area contributed by atoms with Crippen molar-refractivity contribution in [3.05, 3.63) is 60.8 Å². The number of H-pyrrole nitrogens is 1. The van der Waals surface area contributed by atoms with Crippen molar-refractivity contribution < 1.29 is 14.1 Å². The number of aromatic nitrogens is 2. The van der Waals surface area contributed by atoms with Gasteiger partial charge in [-0.15, -0.1) is 0 Å². The summed E-state index contributed by atoms with van der Waals surface area (Å²) in [5.41, 5.74) is 4.29. The Morgan fingerprint density at radius 2 is 1.77 bits per heavy atom. The van der Waals surface area contributed by atoms with E-state index in [4.69, 9.17) is 9.72 Å². The van der Waals surface area contributed by atoms with Gasteiger partial charge in [-0.3, -0.25) is 4.21 Å². The number of benzene rings is 2. The lowest BCUT2D eigenvalue weighted by atomic mass is 10.1. The summed E-state index contributed by atoms with van der Waals surface area (Å²) in [5.74, 6) is 1.39. The Hall–Kier alpha value is -3.56. The van der Waals surface area contributed by atoms with Crippen LogP contribution in [0.4, 0.5) is 28.6 Å². The molecule has 0 amide bonds. The maximum absolute atomic E-state index is 13.0. The van der Waals surface area contributed by atoms with Gasteiger partial charge in [-0.2, -0.15) is 0 Å². The highest BCUT2D eigenvalue weighted by atomic mass is 32.2. The molecular weight excluding hydrogens is 510 g/mol. The van der Waals surface area contributed by atoms with E-state index >= 15 is 0 Å². The fraction of sp³-hybridized carbons (Fsp3) is 0.367. The second-order valence-corrected chi connectivity index (χ2v) is 12.4. The van der Waals surface area contributed by atoms with E-state index in [9.17, 15) is 9.32 Å². The molecule has 1 unspecified atom stereocenters. The van der Waals surface area contributed by atoms with Gasteiger partial charge >= 0.3 is 0 Å². The molecule has 0 bridgehead atoms. The molecule has 39 heavy (non-hydrogen) atoms. The fourth-order valence-electron chi connectivity index (χ4n) is 4.77. The molecule has 1 aliphatic heterocycles. The predicted molar refractivity (Wildman–Crippen MR) is 160 cm³/mol. The number of hydrogen-bond acceptors (Lipinski definition) is 7. The van der Waals surface area contributed by atoms with Crippen molar-refractivity contribution in [1.82, 2.24) is 9.97 Å². The minimum absolute atomic E-state index is 0.00150. The van der Waals surface area contributed by atoms with E-state index in [1.807, 2.05) is 76.4 Å². The molecule has 8 nitrogen and oxygen atoms in total. The first-order chi connectivity index (χ1) is 18.8. The highest BCUT2D eigenvalue weighted by Crippen LogP contribution is 2.36. The molecule has 0 spiro atoms. The largest absolute Gasteiger partial charge is 0.489 e. The molecule has 0 saturated carbocycles. The van der Waals surface area contributed by atoms with Gasteiger partial charge in [0.15, 0.2) is 0 Å². The summed E-state index contributed by atoms with van der Waals surface area (Å²) >= 11 is 0. The molecule has 4 N–H and O–H groups in total. The number of ether oxygens (including phenoxy) is 1. The third-order valence-corrected chi connectivity index (χ3v) is 8.40. The fourth-order valence-corrected chi connectivity index (χ4v) is 5.83. The topological polar surface area (TPSA) is 103 Å². The monoisotopic (exact) mass is 547 g/mol. The van der Waals surface area contributed by atoms with Crippen molar-refractivity contribution in [3.63, 3.8) is 0 Å². The van der Waals surface area contributed by atoms with E-state index in [-0.39, 0.29) is 17.5 Å². The van der Waals surface area contributed by atoms with Gasteiger partial charge in [0.05, 0.1) is 45.0 Å². The van der Waals surface area contributed by atoms with E-state index in [1.54, 1.807) is 0 Å². The van der Waals surface area contributed by atoms with Crippen LogP contribution in [0.3, 0.4) is 0 Å². The molecule has 3 heterocycles. The molecule has 1 aliphatic rings. The normalized spacial score (nSPS) is 15.2. The van der Waals surface area contributed by atoms with Crippen molar-refractivity contribution >= 4 is 50.4 Å². The number of rotatable bonds is 9. The molecule has 206 valence electrons. The highest BCUT2D eigenvalue weighted by molar-refractivity contribution is 7.85. The first-order valence-electron chi connectivity index (χ1n) is 13.5. The average molecular weight is 548 g/mol. The SMILES string of the molecule is CC(C)Oc1cc(N2CCC(O)CC2)ccc1Nc1cc(Nc2ccccc2S(=O)C(C)C)c2cc[nH]c2n1. The van der Waals surface area contributed by atoms with Crippen LogP contribution < -0.4 is 20.3 Å². The zero-order valence-electron chi connectivity index (χ0n) is 22.9. The second-order valence-electron chi connectivity index (χ2n) is 10.5. The summed E-state index contributed by atoms with van der Waals surface area (Å²) in [6.07, 6.45) is 3.18. The Morgan fingerprint density at radius 1 is 1.00 bits per heavy atom. The lowest BCUT2D eigenvalue weighted by Gasteiger charge is -2.32. The van der Waals surface area contributed by atoms with Gasteiger partial charge < -0.3 is 30.4 Å². The lowest BCUT2D eigenvalue weighted by Crippen LogP contribution is -2.35. The average Bonchev–Trinajstić information content (AvgIpc) is 3.39. The van der Waals surface area contributed by atoms with E-state index in [0.29, 0.717) is 5.82 Å². The summed E-state index contributed by atoms with van der Waals surface area (Å²) < 4.78 is 19.2. The van der Waals surface area contributed by atoms with Crippen molar-refractivity contribution in [3.8, 4) is 5.75 Å². The van der Waals surface area contributed by atoms with Gasteiger partial charge in [0.25, 0.3) is 0 Å². The number of hydrogen-bond donors (Lipinski definition) is 4. The Balaban J connectivity index is 1.47. The standard InChI is InChI=1S/C30H37N5O3S/c1-19(2)38-27-17-21(35-15-12-22(36)13-16-35)9-10-24(27)33-29-18-26(23-11-14-31-30(23)34-29)32-25-7-5-6-8-28(25)39(37)20(3)4/h5-11,14,17-20,22,36H,12-13,15-16H2,1-4H3,(H3,31,32,33,34). The Morgan fingerprint density at radius 3 is 2.51 bits per heavy atom. The van der Waals surface area contributed by atoms with Gasteiger partial charge in [-0.1, -0.05) is 26.0 Å². The molecule has 1 atom stereocenters. The number of aliphatic hydroxyl groups excluding tert-OH is 1. The first-order valence-corrected chi connectivity index (χ1v) is 14.8. The second kappa shape index (κ2) is 11.7. The van der Waals surface area contributed by atoms with Gasteiger partial charge in [-0.25, -0.2) is 4.98 Å². The Kier molecular flexibility index (Phi) is 8.09. The van der Waals surface area contributed by atoms with Crippen molar-refractivity contribution in [1.29, 1.82) is 0 Å². The zero-order valence-corrected chi connectivity index (χ0v) is 23.7. The molecule has 2 aromatic heterocycles. The van der Waals surface area contributed by atoms with Gasteiger partial charge in [0.1, 0.15) is 17.2 Å². The number of aromatic amines is 1. The summed E-state index contributed by atoms with van der Waals surface area (Å²) in [6.45, 7) is 9.58. The van der Waals surface area contributed by atoms with Crippen LogP contribution in [0, 0.1) is 0 Å². The maximum Gasteiger partial charge on any atom is 0.145 e. The number of para-hydroxylation sites is 1. The van der Waals surface area contributed by atoms with Crippen LogP contribution in [-0.2, 0) is 10.8 Å². The number of aliphatic hydroxyl groups is 1. The van der Waals surface area contributed by atoms with E-state index < -0.39 is 10.8 Å². The van der Waals surface area contributed by atoms with Crippen LogP contribution in [0.15, 0.2) is 65.7 Å². The quantitative estimate of drug-likeness (QED) is 0.195. The number of pyridine rings is 1. The number of piperidine rings is 1. The molecule has 0 aliphatic carbocycles. The summed E-state index contributed by atoms with van der Waals surface area (Å²) in [4.78, 5) is 11.1. The summed E-state index contributed by atoms with van der Waals surface area (Å²) in [5, 5.41) is 17.8. The van der Waals surface area contributed by atoms with Crippen molar-refractivity contribution in [2.75, 3.05) is 28.6 Å². The predicted octanol–water partition coefficient (Wildman–Crippen LogP) is 6.31. The molecule has 0 radical (unpaired) electrons. The van der Waals surface area contributed by atoms with Crippen molar-refractivity contribution in [2.24, 2.45) is 0 Å². The summed E-state index contributed by atoms with van der Waals surface area (Å²) in [6, 6.07) is 17.8. The van der Waals surface area contributed by atoms with E-state index in [0.717, 1.165) is 70.4 Å². The van der Waals surface area contributed by atoms with Crippen LogP contribution in [-0.4, -0.2) is 49.8 Å². The Bertz CT molecular complexity index is 1460. The molecule has 4 aromatic rings. The molecule has 1 saturated heterocycles. The van der Waals surface area contributed by atoms with Crippen LogP contribution in [0.5, 0.6) is 5.75 Å². The molecule has 9 heteroatoms. The number of fused-ring (bicyclic) bond motifs is 1. The smallest absolute Gasteiger partial charge is 0.145 e. The zero-order chi connectivity index (χ0) is 27.5. The maximum atomic E-state index is 13.0.